The molecule has 2 aromatic rings. The normalized spacial score (nSPS) is 11.9. The summed E-state index contributed by atoms with van der Waals surface area (Å²) in [6.45, 7) is 5.94. The van der Waals surface area contributed by atoms with Gasteiger partial charge >= 0.3 is 0 Å². The van der Waals surface area contributed by atoms with Gasteiger partial charge in [0.1, 0.15) is 11.5 Å². The number of hydrogen-bond donors (Lipinski definition) is 1. The second kappa shape index (κ2) is 7.68. The minimum absolute atomic E-state index is 0.215. The molecule has 0 fully saturated rings. The van der Waals surface area contributed by atoms with Gasteiger partial charge in [0.25, 0.3) is 5.91 Å². The Kier molecular flexibility index (Phi) is 5.63. The van der Waals surface area contributed by atoms with E-state index in [2.05, 4.69) is 19.2 Å². The van der Waals surface area contributed by atoms with Crippen molar-refractivity contribution in [3.8, 4) is 11.5 Å². The number of anilines is 1. The van der Waals surface area contributed by atoms with Gasteiger partial charge in [-0.05, 0) is 36.6 Å². The first-order chi connectivity index (χ1) is 11.0. The molecule has 4 nitrogen and oxygen atoms in total. The van der Waals surface area contributed by atoms with Gasteiger partial charge in [0.05, 0.1) is 12.8 Å². The van der Waals surface area contributed by atoms with Crippen LogP contribution in [0.25, 0.3) is 0 Å². The van der Waals surface area contributed by atoms with E-state index in [4.69, 9.17) is 9.47 Å². The Hall–Kier alpha value is -2.49. The fourth-order valence-electron chi connectivity index (χ4n) is 2.29. The lowest BCUT2D eigenvalue weighted by Gasteiger charge is -2.19. The van der Waals surface area contributed by atoms with Crippen LogP contribution in [0.5, 0.6) is 11.5 Å². The number of hydrogen-bond acceptors (Lipinski definition) is 3. The maximum atomic E-state index is 12.4. The van der Waals surface area contributed by atoms with Gasteiger partial charge in [-0.15, -0.1) is 0 Å². The van der Waals surface area contributed by atoms with Crippen molar-refractivity contribution in [2.24, 2.45) is 0 Å². The van der Waals surface area contributed by atoms with Crippen molar-refractivity contribution in [1.29, 1.82) is 0 Å². The zero-order valence-electron chi connectivity index (χ0n) is 14.0. The molecule has 0 bridgehead atoms. The van der Waals surface area contributed by atoms with Crippen LogP contribution in [0, 0.1) is 0 Å². The zero-order valence-corrected chi connectivity index (χ0v) is 14.0. The van der Waals surface area contributed by atoms with Gasteiger partial charge in [-0.25, -0.2) is 0 Å². The van der Waals surface area contributed by atoms with Crippen LogP contribution in [-0.4, -0.2) is 19.1 Å². The van der Waals surface area contributed by atoms with Crippen LogP contribution in [0.4, 0.5) is 5.69 Å². The Morgan fingerprint density at radius 3 is 2.22 bits per heavy atom. The summed E-state index contributed by atoms with van der Waals surface area (Å²) in [6, 6.07) is 15.1. The molecule has 0 unspecified atom stereocenters. The minimum atomic E-state index is -0.611. The number of nitrogens with one attached hydrogen (secondary N) is 1. The first-order valence-corrected chi connectivity index (χ1v) is 7.72. The van der Waals surface area contributed by atoms with E-state index < -0.39 is 6.10 Å². The van der Waals surface area contributed by atoms with E-state index >= 15 is 0 Å². The first kappa shape index (κ1) is 16.9. The van der Waals surface area contributed by atoms with Gasteiger partial charge in [0.2, 0.25) is 0 Å². The third-order valence-corrected chi connectivity index (χ3v) is 3.58. The van der Waals surface area contributed by atoms with Crippen molar-refractivity contribution in [1.82, 2.24) is 0 Å². The van der Waals surface area contributed by atoms with Crippen LogP contribution >= 0.6 is 0 Å². The highest BCUT2D eigenvalue weighted by Gasteiger charge is 2.18. The van der Waals surface area contributed by atoms with Gasteiger partial charge < -0.3 is 14.8 Å². The molecule has 1 N–H and O–H groups in total. The van der Waals surface area contributed by atoms with Crippen LogP contribution in [-0.2, 0) is 4.79 Å². The van der Waals surface area contributed by atoms with E-state index in [1.54, 1.807) is 26.2 Å². The molecule has 122 valence electrons. The Labute approximate surface area is 137 Å². The summed E-state index contributed by atoms with van der Waals surface area (Å²) >= 11 is 0. The predicted molar refractivity (Wildman–Crippen MR) is 92.2 cm³/mol. The Balaban J connectivity index is 2.09. The Morgan fingerprint density at radius 2 is 1.57 bits per heavy atom. The molecule has 23 heavy (non-hydrogen) atoms. The van der Waals surface area contributed by atoms with Crippen LogP contribution in [0.1, 0.15) is 32.3 Å². The molecular weight excluding hydrogens is 290 g/mol. The second-order valence-corrected chi connectivity index (χ2v) is 5.64. The van der Waals surface area contributed by atoms with Gasteiger partial charge in [-0.2, -0.15) is 0 Å². The lowest BCUT2D eigenvalue weighted by molar-refractivity contribution is -0.122. The van der Waals surface area contributed by atoms with Gasteiger partial charge in [-0.1, -0.05) is 44.2 Å². The third-order valence-electron chi connectivity index (χ3n) is 3.58. The standard InChI is InChI=1S/C19H23NO3/c1-13(2)15-9-5-7-11-17(15)23-14(3)19(21)20-16-10-6-8-12-18(16)22-4/h5-14H,1-4H3,(H,20,21)/t14-/m1/s1. The number of carbonyl (C=O) groups is 1. The quantitative estimate of drug-likeness (QED) is 0.868. The smallest absolute Gasteiger partial charge is 0.265 e. The fourth-order valence-corrected chi connectivity index (χ4v) is 2.29. The molecule has 0 aliphatic rings. The maximum Gasteiger partial charge on any atom is 0.265 e. The van der Waals surface area contributed by atoms with E-state index in [9.17, 15) is 4.79 Å². The lowest BCUT2D eigenvalue weighted by atomic mass is 10.0. The Bertz CT molecular complexity index is 667. The van der Waals surface area contributed by atoms with Crippen molar-refractivity contribution in [2.45, 2.75) is 32.8 Å². The summed E-state index contributed by atoms with van der Waals surface area (Å²) in [5, 5.41) is 2.84. The van der Waals surface area contributed by atoms with Crippen molar-refractivity contribution >= 4 is 11.6 Å². The molecule has 4 heteroatoms. The summed E-state index contributed by atoms with van der Waals surface area (Å²) < 4.78 is 11.1. The van der Waals surface area contributed by atoms with Crippen molar-refractivity contribution in [3.63, 3.8) is 0 Å². The topological polar surface area (TPSA) is 47.6 Å². The summed E-state index contributed by atoms with van der Waals surface area (Å²) in [5.41, 5.74) is 1.72. The molecule has 0 aromatic heterocycles. The molecule has 0 radical (unpaired) electrons. The number of para-hydroxylation sites is 3. The van der Waals surface area contributed by atoms with Crippen molar-refractivity contribution in [2.75, 3.05) is 12.4 Å². The predicted octanol–water partition coefficient (Wildman–Crippen LogP) is 4.22. The minimum Gasteiger partial charge on any atom is -0.495 e. The average Bonchev–Trinajstić information content (AvgIpc) is 2.55. The fraction of sp³-hybridized carbons (Fsp3) is 0.316. The molecule has 0 saturated carbocycles. The lowest BCUT2D eigenvalue weighted by Crippen LogP contribution is -2.30. The molecule has 0 aliphatic heterocycles. The maximum absolute atomic E-state index is 12.4. The monoisotopic (exact) mass is 313 g/mol. The highest BCUT2D eigenvalue weighted by atomic mass is 16.5. The molecule has 1 atom stereocenters. The summed E-state index contributed by atoms with van der Waals surface area (Å²) in [4.78, 5) is 12.4. The highest BCUT2D eigenvalue weighted by Crippen LogP contribution is 2.27. The van der Waals surface area contributed by atoms with E-state index in [1.165, 1.54) is 0 Å². The molecule has 2 rings (SSSR count). The number of ether oxygens (including phenoxy) is 2. The zero-order chi connectivity index (χ0) is 16.8. The highest BCUT2D eigenvalue weighted by molar-refractivity contribution is 5.95. The molecule has 0 spiro atoms. The van der Waals surface area contributed by atoms with E-state index in [-0.39, 0.29) is 5.91 Å². The van der Waals surface area contributed by atoms with Crippen molar-refractivity contribution < 1.29 is 14.3 Å². The number of rotatable bonds is 6. The van der Waals surface area contributed by atoms with Crippen LogP contribution in [0.2, 0.25) is 0 Å². The number of carbonyl (C=O) groups excluding carboxylic acids is 1. The van der Waals surface area contributed by atoms with Crippen molar-refractivity contribution in [3.05, 3.63) is 54.1 Å². The summed E-state index contributed by atoms with van der Waals surface area (Å²) in [6.07, 6.45) is -0.611. The average molecular weight is 313 g/mol. The van der Waals surface area contributed by atoms with E-state index in [0.717, 1.165) is 11.3 Å². The van der Waals surface area contributed by atoms with Crippen LogP contribution in [0.3, 0.4) is 0 Å². The second-order valence-electron chi connectivity index (χ2n) is 5.64. The van der Waals surface area contributed by atoms with Gasteiger partial charge in [-0.3, -0.25) is 4.79 Å². The molecule has 0 aliphatic carbocycles. The van der Waals surface area contributed by atoms with Gasteiger partial charge in [0, 0.05) is 0 Å². The van der Waals surface area contributed by atoms with Crippen LogP contribution in [0.15, 0.2) is 48.5 Å². The molecular formula is C19H23NO3. The van der Waals surface area contributed by atoms with Gasteiger partial charge in [0.15, 0.2) is 6.10 Å². The SMILES string of the molecule is COc1ccccc1NC(=O)[C@@H](C)Oc1ccccc1C(C)C. The number of benzene rings is 2. The first-order valence-electron chi connectivity index (χ1n) is 7.72. The van der Waals surface area contributed by atoms with Crippen LogP contribution < -0.4 is 14.8 Å². The molecule has 2 aromatic carbocycles. The largest absolute Gasteiger partial charge is 0.495 e. The molecule has 1 amide bonds. The number of amides is 1. The third kappa shape index (κ3) is 4.25. The molecule has 0 saturated heterocycles. The van der Waals surface area contributed by atoms with E-state index in [1.807, 2.05) is 36.4 Å². The van der Waals surface area contributed by atoms with E-state index in [0.29, 0.717) is 17.4 Å². The summed E-state index contributed by atoms with van der Waals surface area (Å²) in [7, 11) is 1.57. The summed E-state index contributed by atoms with van der Waals surface area (Å²) in [5.74, 6) is 1.48. The number of methoxy groups -OCH3 is 1. The Morgan fingerprint density at radius 1 is 0.957 bits per heavy atom. The molecule has 0 heterocycles.